The Bertz CT molecular complexity index is 1280. The lowest BCUT2D eigenvalue weighted by Gasteiger charge is -1.92. The molecule has 0 aromatic carbocycles. The third kappa shape index (κ3) is 3.52. The minimum atomic E-state index is 1.24. The van der Waals surface area contributed by atoms with E-state index >= 15 is 0 Å². The molecule has 6 aromatic heterocycles. The predicted octanol–water partition coefficient (Wildman–Crippen LogP) is 9.99. The zero-order chi connectivity index (χ0) is 19.9. The van der Waals surface area contributed by atoms with E-state index in [0.29, 0.717) is 0 Å². The predicted molar refractivity (Wildman–Crippen MR) is 139 cm³/mol. The Balaban J connectivity index is 1.26. The van der Waals surface area contributed by atoms with E-state index < -0.39 is 0 Å². The Hall–Kier alpha value is -1.98. The van der Waals surface area contributed by atoms with Gasteiger partial charge in [-0.15, -0.1) is 56.7 Å². The van der Waals surface area contributed by atoms with E-state index in [2.05, 4.69) is 77.5 Å². The zero-order valence-corrected chi connectivity index (χ0v) is 20.3. The van der Waals surface area contributed by atoms with Gasteiger partial charge in [0.05, 0.1) is 4.88 Å². The Morgan fingerprint density at radius 1 is 0.467 bits per heavy atom. The SMILES string of the molecule is c1cc(-c2ccc(-c3ccc(-c4ccc(-c5ccc(-c6cccs6)s5)s4)s3)s2)sc#1. The van der Waals surface area contributed by atoms with Crippen molar-refractivity contribution < 1.29 is 0 Å². The minimum absolute atomic E-state index is 1.24. The molecule has 0 unspecified atom stereocenters. The molecule has 144 valence electrons. The normalized spacial score (nSPS) is 11.1. The van der Waals surface area contributed by atoms with Crippen molar-refractivity contribution in [1.29, 1.82) is 0 Å². The van der Waals surface area contributed by atoms with Crippen LogP contribution in [0, 0.1) is 11.4 Å². The first kappa shape index (κ1) is 18.8. The molecule has 0 aliphatic heterocycles. The molecule has 0 N–H and O–H groups in total. The van der Waals surface area contributed by atoms with Crippen LogP contribution in [0.5, 0.6) is 0 Å². The van der Waals surface area contributed by atoms with Gasteiger partial charge in [0, 0.05) is 50.0 Å². The molecule has 0 bridgehead atoms. The third-order valence-corrected chi connectivity index (χ3v) is 11.5. The second-order valence-corrected chi connectivity index (χ2v) is 12.6. The lowest BCUT2D eigenvalue weighted by atomic mass is 10.3. The second kappa shape index (κ2) is 7.93. The molecule has 0 aliphatic carbocycles. The fourth-order valence-corrected chi connectivity index (χ4v) is 8.97. The summed E-state index contributed by atoms with van der Waals surface area (Å²) >= 11 is 10.9. The summed E-state index contributed by atoms with van der Waals surface area (Å²) in [6.45, 7) is 0. The Morgan fingerprint density at radius 2 is 0.900 bits per heavy atom. The van der Waals surface area contributed by atoms with Crippen LogP contribution in [0.4, 0.5) is 0 Å². The van der Waals surface area contributed by atoms with Gasteiger partial charge in [-0.05, 0) is 65.4 Å². The molecule has 6 heterocycles. The van der Waals surface area contributed by atoms with Crippen LogP contribution in [-0.2, 0) is 0 Å². The van der Waals surface area contributed by atoms with E-state index in [0.717, 1.165) is 0 Å². The first-order valence-electron chi connectivity index (χ1n) is 9.16. The highest BCUT2D eigenvalue weighted by Gasteiger charge is 2.13. The molecule has 6 aromatic rings. The Labute approximate surface area is 199 Å². The Morgan fingerprint density at radius 3 is 1.27 bits per heavy atom. The van der Waals surface area contributed by atoms with Gasteiger partial charge in [-0.3, -0.25) is 0 Å². The smallest absolute Gasteiger partial charge is 0.0616 e. The van der Waals surface area contributed by atoms with E-state index in [4.69, 9.17) is 0 Å². The lowest BCUT2D eigenvalue weighted by Crippen LogP contribution is -1.58. The fraction of sp³-hybridized carbons (Fsp3) is 0. The van der Waals surface area contributed by atoms with Crippen LogP contribution >= 0.6 is 68.0 Å². The maximum atomic E-state index is 3.06. The summed E-state index contributed by atoms with van der Waals surface area (Å²) in [5.41, 5.74) is 0. The van der Waals surface area contributed by atoms with Crippen LogP contribution in [-0.4, -0.2) is 0 Å². The van der Waals surface area contributed by atoms with Gasteiger partial charge in [0.2, 0.25) is 0 Å². The third-order valence-electron chi connectivity index (χ3n) is 4.58. The van der Waals surface area contributed by atoms with Gasteiger partial charge in [-0.2, -0.15) is 0 Å². The van der Waals surface area contributed by atoms with E-state index in [1.54, 1.807) is 22.7 Å². The highest BCUT2D eigenvalue weighted by atomic mass is 32.1. The summed E-state index contributed by atoms with van der Waals surface area (Å²) in [6, 6.07) is 27.3. The minimum Gasteiger partial charge on any atom is -0.143 e. The molecule has 0 fully saturated rings. The maximum absolute atomic E-state index is 3.06. The van der Waals surface area contributed by atoms with Crippen molar-refractivity contribution >= 4 is 68.0 Å². The lowest BCUT2D eigenvalue weighted by molar-refractivity contribution is 1.89. The fourth-order valence-electron chi connectivity index (χ4n) is 3.16. The molecule has 0 nitrogen and oxygen atoms in total. The van der Waals surface area contributed by atoms with Crippen molar-refractivity contribution in [3.8, 4) is 48.8 Å². The van der Waals surface area contributed by atoms with Gasteiger partial charge in [-0.1, -0.05) is 23.5 Å². The summed E-state index contributed by atoms with van der Waals surface area (Å²) in [5.74, 6) is 0. The van der Waals surface area contributed by atoms with Gasteiger partial charge in [0.15, 0.2) is 0 Å². The van der Waals surface area contributed by atoms with Gasteiger partial charge >= 0.3 is 0 Å². The molecule has 6 heteroatoms. The van der Waals surface area contributed by atoms with Gasteiger partial charge in [0.25, 0.3) is 0 Å². The molecular formula is C24H12S6. The number of rotatable bonds is 5. The van der Waals surface area contributed by atoms with Crippen LogP contribution in [0.25, 0.3) is 48.8 Å². The van der Waals surface area contributed by atoms with Crippen molar-refractivity contribution in [3.05, 3.63) is 83.6 Å². The van der Waals surface area contributed by atoms with E-state index in [1.807, 2.05) is 51.4 Å². The van der Waals surface area contributed by atoms with Crippen LogP contribution in [0.2, 0.25) is 0 Å². The molecule has 0 radical (unpaired) electrons. The molecule has 30 heavy (non-hydrogen) atoms. The Kier molecular flexibility index (Phi) is 4.96. The number of hydrogen-bond donors (Lipinski definition) is 0. The molecule has 0 spiro atoms. The van der Waals surface area contributed by atoms with Gasteiger partial charge < -0.3 is 0 Å². The molecule has 0 atom stereocenters. The van der Waals surface area contributed by atoms with E-state index in [9.17, 15) is 0 Å². The van der Waals surface area contributed by atoms with Crippen molar-refractivity contribution in [2.24, 2.45) is 0 Å². The monoisotopic (exact) mass is 492 g/mol. The zero-order valence-electron chi connectivity index (χ0n) is 15.4. The molecular weight excluding hydrogens is 481 g/mol. The molecule has 0 saturated carbocycles. The van der Waals surface area contributed by atoms with Gasteiger partial charge in [0.1, 0.15) is 0 Å². The second-order valence-electron chi connectivity index (χ2n) is 6.49. The van der Waals surface area contributed by atoms with Crippen LogP contribution in [0.1, 0.15) is 0 Å². The average Bonchev–Trinajstić information content (AvgIpc) is 3.62. The summed E-state index contributed by atoms with van der Waals surface area (Å²) < 4.78 is 0. The van der Waals surface area contributed by atoms with Crippen molar-refractivity contribution in [1.82, 2.24) is 0 Å². The van der Waals surface area contributed by atoms with Crippen molar-refractivity contribution in [2.75, 3.05) is 0 Å². The summed E-state index contributed by atoms with van der Waals surface area (Å²) in [7, 11) is 0. The first-order valence-corrected chi connectivity index (χ1v) is 14.1. The molecule has 0 aliphatic rings. The van der Waals surface area contributed by atoms with E-state index in [1.165, 1.54) is 48.8 Å². The molecule has 6 rings (SSSR count). The average molecular weight is 493 g/mol. The number of hydrogen-bond acceptors (Lipinski definition) is 6. The maximum Gasteiger partial charge on any atom is 0.0616 e. The topological polar surface area (TPSA) is 0 Å². The van der Waals surface area contributed by atoms with Crippen molar-refractivity contribution in [2.45, 2.75) is 0 Å². The summed E-state index contributed by atoms with van der Waals surface area (Å²) in [5, 5.41) is 5.20. The first-order chi connectivity index (χ1) is 14.8. The highest BCUT2D eigenvalue weighted by molar-refractivity contribution is 7.30. The van der Waals surface area contributed by atoms with Crippen LogP contribution in [0.3, 0.4) is 0 Å². The molecule has 0 amide bonds. The summed E-state index contributed by atoms with van der Waals surface area (Å²) in [4.78, 5) is 13.2. The standard InChI is InChI=1S/C24H12S6/c1-3-15(25-13-1)17-5-7-19(27-17)21-9-11-23(29-21)24-12-10-22(30-24)20-8-6-18(28-20)16-4-2-14-26-16/h1,3-13H. The highest BCUT2D eigenvalue weighted by Crippen LogP contribution is 2.45. The largest absolute Gasteiger partial charge is 0.143 e. The van der Waals surface area contributed by atoms with E-state index in [-0.39, 0.29) is 0 Å². The number of thiophene rings is 5. The van der Waals surface area contributed by atoms with Gasteiger partial charge in [-0.25, -0.2) is 0 Å². The van der Waals surface area contributed by atoms with Crippen LogP contribution < -0.4 is 0 Å². The van der Waals surface area contributed by atoms with Crippen LogP contribution in [0.15, 0.2) is 72.1 Å². The molecule has 0 saturated heterocycles. The van der Waals surface area contributed by atoms with Crippen molar-refractivity contribution in [3.63, 3.8) is 0 Å². The quantitative estimate of drug-likeness (QED) is 0.224. The summed E-state index contributed by atoms with van der Waals surface area (Å²) in [6.07, 6.45) is 0.